The fraction of sp³-hybridized carbons (Fsp3) is 0.300. The van der Waals surface area contributed by atoms with Gasteiger partial charge in [-0.25, -0.2) is 9.80 Å². The first kappa shape index (κ1) is 12.1. The summed E-state index contributed by atoms with van der Waals surface area (Å²) in [5.74, 6) is -1.24. The van der Waals surface area contributed by atoms with Crippen molar-refractivity contribution in [1.29, 1.82) is 0 Å². The van der Waals surface area contributed by atoms with E-state index in [0.29, 0.717) is 4.34 Å². The highest BCUT2D eigenvalue weighted by molar-refractivity contribution is 7.16. The molecule has 90 valence electrons. The van der Waals surface area contributed by atoms with Crippen LogP contribution >= 0.6 is 22.9 Å². The molecule has 1 aromatic heterocycles. The maximum absolute atomic E-state index is 11.6. The van der Waals surface area contributed by atoms with Crippen molar-refractivity contribution >= 4 is 40.5 Å². The predicted octanol–water partition coefficient (Wildman–Crippen LogP) is 1.96. The summed E-state index contributed by atoms with van der Waals surface area (Å²) < 4.78 is 0.631. The molecule has 2 rings (SSSR count). The molecule has 17 heavy (non-hydrogen) atoms. The highest BCUT2D eigenvalue weighted by atomic mass is 35.5. The largest absolute Gasteiger partial charge is 0.477 e. The number of carboxylic acid groups (broad SMARTS) is 1. The molecule has 1 aromatic rings. The van der Waals surface area contributed by atoms with Crippen LogP contribution in [-0.2, 0) is 16.1 Å². The summed E-state index contributed by atoms with van der Waals surface area (Å²) in [5, 5.41) is 13.8. The normalized spacial score (nSPS) is 15.9. The average molecular weight is 273 g/mol. The van der Waals surface area contributed by atoms with Crippen molar-refractivity contribution in [2.45, 2.75) is 19.4 Å². The van der Waals surface area contributed by atoms with E-state index in [2.05, 4.69) is 5.10 Å². The summed E-state index contributed by atoms with van der Waals surface area (Å²) >= 11 is 7.13. The van der Waals surface area contributed by atoms with Gasteiger partial charge in [0.05, 0.1) is 10.9 Å². The lowest BCUT2D eigenvalue weighted by atomic mass is 10.2. The van der Waals surface area contributed by atoms with Gasteiger partial charge in [-0.05, 0) is 12.1 Å². The smallest absolute Gasteiger partial charge is 0.352 e. The number of thiophene rings is 1. The van der Waals surface area contributed by atoms with Gasteiger partial charge in [0.1, 0.15) is 5.71 Å². The van der Waals surface area contributed by atoms with Crippen LogP contribution in [0.3, 0.4) is 0 Å². The second-order valence-electron chi connectivity index (χ2n) is 3.51. The molecule has 0 saturated carbocycles. The highest BCUT2D eigenvalue weighted by Crippen LogP contribution is 2.24. The Morgan fingerprint density at radius 3 is 2.88 bits per heavy atom. The molecule has 5 nitrogen and oxygen atoms in total. The zero-order valence-corrected chi connectivity index (χ0v) is 10.3. The molecule has 0 atom stereocenters. The lowest BCUT2D eigenvalue weighted by molar-refractivity contribution is -0.133. The number of hydrazone groups is 1. The fourth-order valence-corrected chi connectivity index (χ4v) is 2.53. The Balaban J connectivity index is 2.15. The summed E-state index contributed by atoms with van der Waals surface area (Å²) in [6.07, 6.45) is 0.375. The van der Waals surface area contributed by atoms with Crippen molar-refractivity contribution in [3.63, 3.8) is 0 Å². The molecule has 2 heterocycles. The van der Waals surface area contributed by atoms with E-state index in [-0.39, 0.29) is 31.0 Å². The number of carbonyl (C=O) groups is 2. The van der Waals surface area contributed by atoms with Crippen molar-refractivity contribution in [2.75, 3.05) is 0 Å². The maximum atomic E-state index is 11.6. The summed E-state index contributed by atoms with van der Waals surface area (Å²) in [4.78, 5) is 23.2. The molecular formula is C10H9ClN2O3S. The molecule has 0 aromatic carbocycles. The van der Waals surface area contributed by atoms with Crippen LogP contribution in [0.1, 0.15) is 17.7 Å². The second-order valence-corrected chi connectivity index (χ2v) is 5.31. The zero-order chi connectivity index (χ0) is 12.4. The van der Waals surface area contributed by atoms with Crippen LogP contribution in [-0.4, -0.2) is 27.7 Å². The first-order valence-electron chi connectivity index (χ1n) is 4.91. The number of carbonyl (C=O) groups excluding carboxylic acids is 1. The molecule has 0 spiro atoms. The Hall–Kier alpha value is -1.40. The van der Waals surface area contributed by atoms with Crippen molar-refractivity contribution in [3.05, 3.63) is 21.3 Å². The van der Waals surface area contributed by atoms with E-state index in [0.717, 1.165) is 4.88 Å². The van der Waals surface area contributed by atoms with E-state index in [9.17, 15) is 9.59 Å². The lowest BCUT2D eigenvalue weighted by Gasteiger charge is -2.21. The predicted molar refractivity (Wildman–Crippen MR) is 64.2 cm³/mol. The van der Waals surface area contributed by atoms with Gasteiger partial charge in [-0.3, -0.25) is 4.79 Å². The SMILES string of the molecule is O=C(O)C1=NN(Cc2ccc(Cl)s2)C(=O)CC1. The number of aliphatic carboxylic acids is 1. The van der Waals surface area contributed by atoms with Crippen LogP contribution in [0.5, 0.6) is 0 Å². The van der Waals surface area contributed by atoms with Gasteiger partial charge in [-0.2, -0.15) is 5.10 Å². The van der Waals surface area contributed by atoms with E-state index in [4.69, 9.17) is 16.7 Å². The number of nitrogens with zero attached hydrogens (tertiary/aromatic N) is 2. The minimum absolute atomic E-state index is 0.0206. The third-order valence-corrected chi connectivity index (χ3v) is 3.50. The lowest BCUT2D eigenvalue weighted by Crippen LogP contribution is -2.33. The Labute approximate surface area is 106 Å². The van der Waals surface area contributed by atoms with Gasteiger partial charge in [-0.15, -0.1) is 11.3 Å². The van der Waals surface area contributed by atoms with Gasteiger partial charge in [0.15, 0.2) is 0 Å². The average Bonchev–Trinajstić information content (AvgIpc) is 2.67. The molecule has 0 unspecified atom stereocenters. The van der Waals surface area contributed by atoms with Crippen LogP contribution in [0.2, 0.25) is 4.34 Å². The van der Waals surface area contributed by atoms with Crippen molar-refractivity contribution in [1.82, 2.24) is 5.01 Å². The molecule has 1 amide bonds. The molecule has 0 bridgehead atoms. The van der Waals surface area contributed by atoms with Gasteiger partial charge in [-0.1, -0.05) is 11.6 Å². The van der Waals surface area contributed by atoms with Crippen molar-refractivity contribution < 1.29 is 14.7 Å². The van der Waals surface area contributed by atoms with Crippen molar-refractivity contribution in [2.24, 2.45) is 5.10 Å². The molecule has 0 aliphatic carbocycles. The molecular weight excluding hydrogens is 264 g/mol. The Kier molecular flexibility index (Phi) is 3.44. The number of rotatable bonds is 3. The Morgan fingerprint density at radius 2 is 2.29 bits per heavy atom. The topological polar surface area (TPSA) is 70.0 Å². The zero-order valence-electron chi connectivity index (χ0n) is 8.72. The van der Waals surface area contributed by atoms with Gasteiger partial charge in [0, 0.05) is 17.7 Å². The van der Waals surface area contributed by atoms with Gasteiger partial charge < -0.3 is 5.11 Å². The minimum Gasteiger partial charge on any atom is -0.477 e. The van der Waals surface area contributed by atoms with E-state index in [1.165, 1.54) is 16.3 Å². The Morgan fingerprint density at radius 1 is 1.53 bits per heavy atom. The van der Waals surface area contributed by atoms with E-state index < -0.39 is 5.97 Å². The van der Waals surface area contributed by atoms with E-state index >= 15 is 0 Å². The fourth-order valence-electron chi connectivity index (χ4n) is 1.46. The van der Waals surface area contributed by atoms with Crippen LogP contribution < -0.4 is 0 Å². The minimum atomic E-state index is -1.08. The number of hydrogen-bond donors (Lipinski definition) is 1. The first-order chi connectivity index (χ1) is 8.06. The molecule has 1 aliphatic rings. The van der Waals surface area contributed by atoms with Gasteiger partial charge >= 0.3 is 5.97 Å². The van der Waals surface area contributed by atoms with Gasteiger partial charge in [0.2, 0.25) is 5.91 Å². The monoisotopic (exact) mass is 272 g/mol. The number of halogens is 1. The molecule has 1 aliphatic heterocycles. The maximum Gasteiger partial charge on any atom is 0.352 e. The third kappa shape index (κ3) is 2.83. The summed E-state index contributed by atoms with van der Waals surface area (Å²) in [5.41, 5.74) is 0.0206. The van der Waals surface area contributed by atoms with Crippen molar-refractivity contribution in [3.8, 4) is 0 Å². The quantitative estimate of drug-likeness (QED) is 0.914. The molecule has 0 saturated heterocycles. The van der Waals surface area contributed by atoms with Crippen LogP contribution in [0.4, 0.5) is 0 Å². The number of carboxylic acids is 1. The Bertz CT molecular complexity index is 497. The highest BCUT2D eigenvalue weighted by Gasteiger charge is 2.24. The van der Waals surface area contributed by atoms with Gasteiger partial charge in [0.25, 0.3) is 0 Å². The third-order valence-electron chi connectivity index (χ3n) is 2.29. The molecule has 0 fully saturated rings. The van der Waals surface area contributed by atoms with E-state index in [1.807, 2.05) is 0 Å². The van der Waals surface area contributed by atoms with Crippen LogP contribution in [0, 0.1) is 0 Å². The summed E-state index contributed by atoms with van der Waals surface area (Å²) in [6, 6.07) is 3.53. The first-order valence-corrected chi connectivity index (χ1v) is 6.11. The van der Waals surface area contributed by atoms with Crippen LogP contribution in [0.25, 0.3) is 0 Å². The van der Waals surface area contributed by atoms with E-state index in [1.54, 1.807) is 12.1 Å². The van der Waals surface area contributed by atoms with Crippen LogP contribution in [0.15, 0.2) is 17.2 Å². The second kappa shape index (κ2) is 4.85. The number of amides is 1. The number of hydrogen-bond acceptors (Lipinski definition) is 4. The standard InChI is InChI=1S/C10H9ClN2O3S/c11-8-3-1-6(17-8)5-13-9(14)4-2-7(12-13)10(15)16/h1,3H,2,4-5H2,(H,15,16). The summed E-state index contributed by atoms with van der Waals surface area (Å²) in [6.45, 7) is 0.271. The molecule has 7 heteroatoms. The summed E-state index contributed by atoms with van der Waals surface area (Å²) in [7, 11) is 0. The molecule has 0 radical (unpaired) electrons. The molecule has 1 N–H and O–H groups in total.